The van der Waals surface area contributed by atoms with Gasteiger partial charge in [-0.2, -0.15) is 10.5 Å². The van der Waals surface area contributed by atoms with Crippen LogP contribution in [0.25, 0.3) is 22.6 Å². The lowest BCUT2D eigenvalue weighted by atomic mass is 10.0. The average molecular weight is 542 g/mol. The van der Waals surface area contributed by atoms with Crippen LogP contribution < -0.4 is 4.74 Å². The number of fused-ring (bicyclic) bond motifs is 1. The van der Waals surface area contributed by atoms with E-state index in [1.54, 1.807) is 42.6 Å². The van der Waals surface area contributed by atoms with Crippen molar-refractivity contribution in [3.8, 4) is 17.9 Å². The molecule has 0 fully saturated rings. The number of hydrogen-bond donors (Lipinski definition) is 2. The molecule has 0 aliphatic carbocycles. The summed E-state index contributed by atoms with van der Waals surface area (Å²) in [6.07, 6.45) is 3.60. The molecule has 2 aromatic carbocycles. The molecule has 8 nitrogen and oxygen atoms in total. The molecule has 174 valence electrons. The van der Waals surface area contributed by atoms with Gasteiger partial charge in [0.25, 0.3) is 0 Å². The third-order valence-electron chi connectivity index (χ3n) is 5.19. The Labute approximate surface area is 205 Å². The van der Waals surface area contributed by atoms with E-state index < -0.39 is 7.60 Å². The monoisotopic (exact) mass is 541 g/mol. The summed E-state index contributed by atoms with van der Waals surface area (Å²) in [6, 6.07) is 14.5. The van der Waals surface area contributed by atoms with Crippen molar-refractivity contribution in [2.75, 3.05) is 13.3 Å². The zero-order valence-electron chi connectivity index (χ0n) is 18.2. The van der Waals surface area contributed by atoms with Gasteiger partial charge in [0, 0.05) is 39.8 Å². The Bertz CT molecular complexity index is 1410. The Hall–Kier alpha value is -3.20. The Morgan fingerprint density at radius 3 is 2.62 bits per heavy atom. The summed E-state index contributed by atoms with van der Waals surface area (Å²) >= 11 is 3.44. The highest BCUT2D eigenvalue weighted by atomic mass is 79.9. The van der Waals surface area contributed by atoms with E-state index in [1.165, 1.54) is 11.7 Å². The first-order valence-corrected chi connectivity index (χ1v) is 12.8. The van der Waals surface area contributed by atoms with Gasteiger partial charge in [-0.05, 0) is 55.3 Å². The van der Waals surface area contributed by atoms with Gasteiger partial charge in [0.2, 0.25) is 5.91 Å². The van der Waals surface area contributed by atoms with Gasteiger partial charge in [-0.3, -0.25) is 13.9 Å². The van der Waals surface area contributed by atoms with Crippen molar-refractivity contribution in [1.82, 2.24) is 4.57 Å². The number of aromatic nitrogens is 1. The fourth-order valence-electron chi connectivity index (χ4n) is 3.58. The van der Waals surface area contributed by atoms with Crippen LogP contribution in [0.2, 0.25) is 0 Å². The molecular formula is C24H21BrN3O5P. The molecule has 0 saturated heterocycles. The molecule has 0 saturated carbocycles. The number of carbonyl (C=O) groups excluding carboxylic acids is 1. The molecule has 0 amide bonds. The molecule has 1 aromatic heterocycles. The number of methoxy groups -OCH3 is 1. The normalized spacial score (nSPS) is 11.8. The number of unbranched alkanes of at least 4 members (excludes halogenated alkanes) is 1. The molecule has 0 aliphatic rings. The maximum absolute atomic E-state index is 12.9. The number of allylic oxidation sites excluding steroid dienone is 1. The van der Waals surface area contributed by atoms with E-state index in [2.05, 4.69) is 28.1 Å². The van der Waals surface area contributed by atoms with Crippen LogP contribution in [-0.2, 0) is 4.57 Å². The van der Waals surface area contributed by atoms with Crippen LogP contribution in [0.15, 0.2) is 47.1 Å². The predicted molar refractivity (Wildman–Crippen MR) is 132 cm³/mol. The molecule has 2 N–H and O–H groups in total. The maximum atomic E-state index is 12.9. The lowest BCUT2D eigenvalue weighted by molar-refractivity contribution is 0.0904. The van der Waals surface area contributed by atoms with Crippen molar-refractivity contribution >= 4 is 52.0 Å². The Morgan fingerprint density at radius 2 is 1.97 bits per heavy atom. The second-order valence-electron chi connectivity index (χ2n) is 7.55. The number of hydrogen-bond acceptors (Lipinski definition) is 5. The Kier molecular flexibility index (Phi) is 8.09. The smallest absolute Gasteiger partial charge is 0.325 e. The minimum absolute atomic E-state index is 0.100. The van der Waals surface area contributed by atoms with Crippen LogP contribution in [-0.4, -0.2) is 33.5 Å². The van der Waals surface area contributed by atoms with E-state index in [0.717, 1.165) is 4.47 Å². The highest BCUT2D eigenvalue weighted by Gasteiger charge is 2.18. The maximum Gasteiger partial charge on any atom is 0.325 e. The fourth-order valence-corrected chi connectivity index (χ4v) is 4.58. The highest BCUT2D eigenvalue weighted by molar-refractivity contribution is 9.10. The molecular weight excluding hydrogens is 521 g/mol. The summed E-state index contributed by atoms with van der Waals surface area (Å²) in [7, 11) is -2.60. The molecule has 0 radical (unpaired) electrons. The first kappa shape index (κ1) is 25.4. The van der Waals surface area contributed by atoms with Gasteiger partial charge in [0.05, 0.1) is 35.9 Å². The molecule has 0 atom stereocenters. The standard InChI is InChI=1S/C24H21BrN3O5P/c1-33-23-8-5-16(13-26)10-17(23)11-18(14-27)21-15-28(22-7-6-19(25)12-20(21)22)24(29)4-2-3-9-34(30,31)32/h5-8,10-12,15H,2-4,9H2,1H3,(H2,30,31,32). The number of nitriles is 2. The molecule has 3 aromatic rings. The number of benzene rings is 2. The predicted octanol–water partition coefficient (Wildman–Crippen LogP) is 5.34. The summed E-state index contributed by atoms with van der Waals surface area (Å²) in [4.78, 5) is 30.9. The lowest BCUT2D eigenvalue weighted by Gasteiger charge is -2.06. The van der Waals surface area contributed by atoms with Crippen molar-refractivity contribution in [3.05, 3.63) is 63.8 Å². The summed E-state index contributed by atoms with van der Waals surface area (Å²) in [5.74, 6) is 0.253. The number of ether oxygens (including phenoxy) is 1. The number of rotatable bonds is 8. The zero-order chi connectivity index (χ0) is 24.9. The quantitative estimate of drug-likeness (QED) is 0.223. The summed E-state index contributed by atoms with van der Waals surface area (Å²) in [5, 5.41) is 19.9. The topological polar surface area (TPSA) is 136 Å². The minimum atomic E-state index is -4.10. The van der Waals surface area contributed by atoms with Gasteiger partial charge in [-0.25, -0.2) is 0 Å². The lowest BCUT2D eigenvalue weighted by Crippen LogP contribution is -2.09. The second-order valence-corrected chi connectivity index (χ2v) is 10.2. The molecule has 34 heavy (non-hydrogen) atoms. The molecule has 0 aliphatic heterocycles. The fraction of sp³-hybridized carbons (Fsp3) is 0.208. The Balaban J connectivity index is 2.04. The average Bonchev–Trinajstić information content (AvgIpc) is 3.17. The molecule has 10 heteroatoms. The number of halogens is 1. The van der Waals surface area contributed by atoms with E-state index in [9.17, 15) is 19.9 Å². The van der Waals surface area contributed by atoms with Gasteiger partial charge in [0.15, 0.2) is 0 Å². The Morgan fingerprint density at radius 1 is 1.21 bits per heavy atom. The minimum Gasteiger partial charge on any atom is -0.496 e. The van der Waals surface area contributed by atoms with E-state index in [-0.39, 0.29) is 30.5 Å². The highest BCUT2D eigenvalue weighted by Crippen LogP contribution is 2.36. The van der Waals surface area contributed by atoms with Crippen molar-refractivity contribution in [2.24, 2.45) is 0 Å². The molecule has 3 rings (SSSR count). The molecule has 1 heterocycles. The summed E-state index contributed by atoms with van der Waals surface area (Å²) in [5.41, 5.74) is 2.39. The molecule has 0 unspecified atom stereocenters. The van der Waals surface area contributed by atoms with Crippen molar-refractivity contribution in [2.45, 2.75) is 19.3 Å². The third kappa shape index (κ3) is 6.02. The first-order chi connectivity index (χ1) is 16.2. The number of nitrogens with zero attached hydrogens (tertiary/aromatic N) is 3. The molecule has 0 bridgehead atoms. The van der Waals surface area contributed by atoms with Crippen LogP contribution in [0.1, 0.15) is 40.7 Å². The van der Waals surface area contributed by atoms with Crippen LogP contribution in [0.4, 0.5) is 0 Å². The van der Waals surface area contributed by atoms with Crippen LogP contribution in [0.5, 0.6) is 5.75 Å². The van der Waals surface area contributed by atoms with E-state index in [1.807, 2.05) is 6.07 Å². The number of carbonyl (C=O) groups is 1. The largest absolute Gasteiger partial charge is 0.496 e. The summed E-state index contributed by atoms with van der Waals surface area (Å²) in [6.45, 7) is 0. The third-order valence-corrected chi connectivity index (χ3v) is 6.59. The van der Waals surface area contributed by atoms with E-state index in [4.69, 9.17) is 14.5 Å². The van der Waals surface area contributed by atoms with Gasteiger partial charge >= 0.3 is 7.60 Å². The van der Waals surface area contributed by atoms with Crippen molar-refractivity contribution in [1.29, 1.82) is 10.5 Å². The van der Waals surface area contributed by atoms with Gasteiger partial charge in [-0.1, -0.05) is 15.9 Å². The van der Waals surface area contributed by atoms with Crippen LogP contribution >= 0.6 is 23.5 Å². The SMILES string of the molecule is COc1ccc(C#N)cc1C=C(C#N)c1cn(C(=O)CCCCP(=O)(O)O)c2ccc(Br)cc12. The van der Waals surface area contributed by atoms with Gasteiger partial charge < -0.3 is 14.5 Å². The van der Waals surface area contributed by atoms with E-state index >= 15 is 0 Å². The van der Waals surface area contributed by atoms with Gasteiger partial charge in [-0.15, -0.1) is 0 Å². The van der Waals surface area contributed by atoms with Crippen LogP contribution in [0.3, 0.4) is 0 Å². The molecule has 0 spiro atoms. The van der Waals surface area contributed by atoms with Crippen molar-refractivity contribution in [3.63, 3.8) is 0 Å². The summed E-state index contributed by atoms with van der Waals surface area (Å²) < 4.78 is 18.6. The van der Waals surface area contributed by atoms with Crippen LogP contribution in [0, 0.1) is 22.7 Å². The van der Waals surface area contributed by atoms with E-state index in [0.29, 0.717) is 39.8 Å². The van der Waals surface area contributed by atoms with Crippen molar-refractivity contribution < 1.29 is 23.9 Å². The van der Waals surface area contributed by atoms with Gasteiger partial charge in [0.1, 0.15) is 5.75 Å². The zero-order valence-corrected chi connectivity index (χ0v) is 20.7. The first-order valence-electron chi connectivity index (χ1n) is 10.3. The second kappa shape index (κ2) is 10.8.